The van der Waals surface area contributed by atoms with Gasteiger partial charge < -0.3 is 20.1 Å². The number of likely N-dealkylation sites (N-methyl/N-ethyl adjacent to an activating group) is 1. The first-order valence-electron chi connectivity index (χ1n) is 13.2. The summed E-state index contributed by atoms with van der Waals surface area (Å²) in [6.45, 7) is 9.17. The molecule has 1 atom stereocenters. The first-order valence-corrected chi connectivity index (χ1v) is 13.2. The van der Waals surface area contributed by atoms with E-state index in [2.05, 4.69) is 78.7 Å². The molecule has 3 aromatic rings. The molecule has 3 aromatic carbocycles. The Balaban J connectivity index is 1.24. The molecule has 1 aliphatic rings. The summed E-state index contributed by atoms with van der Waals surface area (Å²) in [6, 6.07) is 23.2. The Kier molecular flexibility index (Phi) is 9.08. The number of benzene rings is 3. The number of aryl methyl sites for hydroxylation is 2. The van der Waals surface area contributed by atoms with E-state index in [0.29, 0.717) is 11.7 Å². The molecule has 2 N–H and O–H groups in total. The van der Waals surface area contributed by atoms with E-state index in [4.69, 9.17) is 4.74 Å². The third kappa shape index (κ3) is 7.02. The lowest BCUT2D eigenvalue weighted by atomic mass is 9.79. The zero-order chi connectivity index (χ0) is 24.5. The smallest absolute Gasteiger partial charge is 0.119 e. The molecule has 0 aliphatic heterocycles. The van der Waals surface area contributed by atoms with Crippen LogP contribution in [-0.4, -0.2) is 42.8 Å². The monoisotopic (exact) mass is 472 g/mol. The summed E-state index contributed by atoms with van der Waals surface area (Å²) < 4.78 is 5.91. The fraction of sp³-hybridized carbons (Fsp3) is 0.419. The van der Waals surface area contributed by atoms with E-state index >= 15 is 0 Å². The van der Waals surface area contributed by atoms with E-state index in [1.807, 2.05) is 12.1 Å². The van der Waals surface area contributed by atoms with Gasteiger partial charge in [0.15, 0.2) is 0 Å². The molecule has 35 heavy (non-hydrogen) atoms. The van der Waals surface area contributed by atoms with Crippen LogP contribution in [0.4, 0.5) is 5.69 Å². The number of para-hydroxylation sites is 1. The van der Waals surface area contributed by atoms with Crippen LogP contribution < -0.4 is 10.1 Å². The highest BCUT2D eigenvalue weighted by molar-refractivity contribution is 5.54. The lowest BCUT2D eigenvalue weighted by Gasteiger charge is -2.27. The Labute approximate surface area is 211 Å². The zero-order valence-corrected chi connectivity index (χ0v) is 21.3. The number of phenols is 1. The van der Waals surface area contributed by atoms with Gasteiger partial charge in [-0.05, 0) is 104 Å². The van der Waals surface area contributed by atoms with Crippen molar-refractivity contribution in [2.75, 3.05) is 38.1 Å². The first kappa shape index (κ1) is 25.1. The summed E-state index contributed by atoms with van der Waals surface area (Å²) in [5, 5.41) is 13.5. The lowest BCUT2D eigenvalue weighted by Crippen LogP contribution is -2.27. The fourth-order valence-corrected chi connectivity index (χ4v) is 5.12. The number of aromatic hydroxyl groups is 1. The van der Waals surface area contributed by atoms with Crippen molar-refractivity contribution in [1.82, 2.24) is 4.90 Å². The number of hydrogen-bond donors (Lipinski definition) is 2. The Morgan fingerprint density at radius 3 is 2.57 bits per heavy atom. The minimum Gasteiger partial charge on any atom is -0.508 e. The predicted octanol–water partition coefficient (Wildman–Crippen LogP) is 6.43. The maximum absolute atomic E-state index is 9.78. The van der Waals surface area contributed by atoms with Crippen LogP contribution in [0.3, 0.4) is 0 Å². The Morgan fingerprint density at radius 1 is 0.971 bits per heavy atom. The van der Waals surface area contributed by atoms with Gasteiger partial charge in [-0.3, -0.25) is 0 Å². The zero-order valence-electron chi connectivity index (χ0n) is 21.3. The van der Waals surface area contributed by atoms with E-state index < -0.39 is 0 Å². The van der Waals surface area contributed by atoms with Gasteiger partial charge in [0, 0.05) is 18.8 Å². The molecule has 0 spiro atoms. The molecule has 0 amide bonds. The molecule has 0 saturated carbocycles. The highest BCUT2D eigenvalue weighted by Gasteiger charge is 2.22. The molecule has 0 bridgehead atoms. The van der Waals surface area contributed by atoms with Crippen LogP contribution >= 0.6 is 0 Å². The van der Waals surface area contributed by atoms with Crippen molar-refractivity contribution in [2.45, 2.75) is 51.9 Å². The van der Waals surface area contributed by atoms with Gasteiger partial charge in [0.25, 0.3) is 0 Å². The molecule has 0 unspecified atom stereocenters. The van der Waals surface area contributed by atoms with Gasteiger partial charge in [0.1, 0.15) is 18.1 Å². The Bertz CT molecular complexity index is 1060. The summed E-state index contributed by atoms with van der Waals surface area (Å²) in [7, 11) is 0. The minimum atomic E-state index is 0.377. The number of ether oxygens (including phenoxy) is 1. The standard InChI is InChI=1S/C31H40N2O2/c1-3-33(4-2)20-21-35-29-17-11-24(12-18-29)8-7-19-32-31-10-6-5-9-30(31)27-14-13-26-23-28(34)16-15-25(26)22-27/h5-6,9-12,15-18,23,27,32,34H,3-4,7-8,13-14,19-22H2,1-2H3/t27-/m1/s1. The van der Waals surface area contributed by atoms with E-state index in [-0.39, 0.29) is 0 Å². The van der Waals surface area contributed by atoms with Crippen molar-refractivity contribution in [3.8, 4) is 11.5 Å². The molecular formula is C31H40N2O2. The molecule has 4 rings (SSSR count). The number of anilines is 1. The molecule has 0 heterocycles. The first-order chi connectivity index (χ1) is 17.2. The van der Waals surface area contributed by atoms with Crippen LogP contribution in [0.15, 0.2) is 66.7 Å². The van der Waals surface area contributed by atoms with Gasteiger partial charge in [0.05, 0.1) is 0 Å². The number of phenolic OH excluding ortho intramolecular Hbond substituents is 1. The van der Waals surface area contributed by atoms with Crippen molar-refractivity contribution in [3.05, 3.63) is 89.0 Å². The summed E-state index contributed by atoms with van der Waals surface area (Å²) in [5.74, 6) is 1.85. The SMILES string of the molecule is CCN(CC)CCOc1ccc(CCCNc2ccccc2[C@@H]2CCc3cc(O)ccc3C2)cc1. The highest BCUT2D eigenvalue weighted by Crippen LogP contribution is 2.37. The number of hydrogen-bond acceptors (Lipinski definition) is 4. The van der Waals surface area contributed by atoms with Crippen molar-refractivity contribution in [2.24, 2.45) is 0 Å². The van der Waals surface area contributed by atoms with Crippen LogP contribution in [0, 0.1) is 0 Å². The molecule has 4 heteroatoms. The van der Waals surface area contributed by atoms with Crippen molar-refractivity contribution in [1.29, 1.82) is 0 Å². The quantitative estimate of drug-likeness (QED) is 0.298. The largest absolute Gasteiger partial charge is 0.508 e. The maximum atomic E-state index is 9.78. The van der Waals surface area contributed by atoms with Gasteiger partial charge in [-0.2, -0.15) is 0 Å². The summed E-state index contributed by atoms with van der Waals surface area (Å²) in [5.41, 5.74) is 6.69. The van der Waals surface area contributed by atoms with Crippen LogP contribution in [0.25, 0.3) is 0 Å². The summed E-state index contributed by atoms with van der Waals surface area (Å²) in [4.78, 5) is 2.37. The lowest BCUT2D eigenvalue weighted by molar-refractivity contribution is 0.223. The van der Waals surface area contributed by atoms with Crippen molar-refractivity contribution < 1.29 is 9.84 Å². The van der Waals surface area contributed by atoms with Gasteiger partial charge in [-0.15, -0.1) is 0 Å². The van der Waals surface area contributed by atoms with Crippen LogP contribution in [-0.2, 0) is 19.3 Å². The van der Waals surface area contributed by atoms with E-state index in [1.54, 1.807) is 0 Å². The number of rotatable bonds is 12. The Morgan fingerprint density at radius 2 is 1.77 bits per heavy atom. The number of nitrogens with zero attached hydrogens (tertiary/aromatic N) is 1. The van der Waals surface area contributed by atoms with E-state index in [9.17, 15) is 5.11 Å². The predicted molar refractivity (Wildman–Crippen MR) is 146 cm³/mol. The van der Waals surface area contributed by atoms with Gasteiger partial charge in [-0.25, -0.2) is 0 Å². The van der Waals surface area contributed by atoms with Gasteiger partial charge in [0.2, 0.25) is 0 Å². The molecule has 186 valence electrons. The third-order valence-corrected chi connectivity index (χ3v) is 7.27. The van der Waals surface area contributed by atoms with Gasteiger partial charge in [-0.1, -0.05) is 50.2 Å². The molecule has 0 saturated heterocycles. The molecule has 0 radical (unpaired) electrons. The highest BCUT2D eigenvalue weighted by atomic mass is 16.5. The summed E-state index contributed by atoms with van der Waals surface area (Å²) >= 11 is 0. The van der Waals surface area contributed by atoms with Gasteiger partial charge >= 0.3 is 0 Å². The molecule has 4 nitrogen and oxygen atoms in total. The van der Waals surface area contributed by atoms with Crippen LogP contribution in [0.1, 0.15) is 54.9 Å². The molecule has 0 aromatic heterocycles. The number of nitrogens with one attached hydrogen (secondary N) is 1. The Hall–Kier alpha value is -2.98. The second-order valence-electron chi connectivity index (χ2n) is 9.53. The van der Waals surface area contributed by atoms with Crippen LogP contribution in [0.2, 0.25) is 0 Å². The molecule has 1 aliphatic carbocycles. The van der Waals surface area contributed by atoms with Crippen LogP contribution in [0.5, 0.6) is 11.5 Å². The minimum absolute atomic E-state index is 0.377. The second kappa shape index (κ2) is 12.6. The average Bonchev–Trinajstić information content (AvgIpc) is 2.90. The average molecular weight is 473 g/mol. The normalized spacial score (nSPS) is 15.1. The van der Waals surface area contributed by atoms with Crippen molar-refractivity contribution in [3.63, 3.8) is 0 Å². The van der Waals surface area contributed by atoms with Crippen molar-refractivity contribution >= 4 is 5.69 Å². The third-order valence-electron chi connectivity index (χ3n) is 7.27. The van der Waals surface area contributed by atoms with E-state index in [1.165, 1.54) is 27.9 Å². The second-order valence-corrected chi connectivity index (χ2v) is 9.53. The molecule has 0 fully saturated rings. The number of fused-ring (bicyclic) bond motifs is 1. The summed E-state index contributed by atoms with van der Waals surface area (Å²) in [6.07, 6.45) is 5.33. The topological polar surface area (TPSA) is 44.7 Å². The van der Waals surface area contributed by atoms with E-state index in [0.717, 1.165) is 70.6 Å². The fourth-order valence-electron chi connectivity index (χ4n) is 5.12. The molecular weight excluding hydrogens is 432 g/mol. The maximum Gasteiger partial charge on any atom is 0.119 e.